The third-order valence-electron chi connectivity index (χ3n) is 5.70. The lowest BCUT2D eigenvalue weighted by Crippen LogP contribution is -2.29. The molecule has 3 aromatic rings. The Morgan fingerprint density at radius 3 is 2.72 bits per heavy atom. The van der Waals surface area contributed by atoms with Crippen LogP contribution in [0.15, 0.2) is 35.4 Å². The van der Waals surface area contributed by atoms with Crippen molar-refractivity contribution in [3.05, 3.63) is 57.2 Å². The summed E-state index contributed by atoms with van der Waals surface area (Å²) in [6.07, 6.45) is 4.35. The fourth-order valence-corrected chi connectivity index (χ4v) is 5.20. The number of anilines is 1. The van der Waals surface area contributed by atoms with Crippen LogP contribution < -0.4 is 10.9 Å². The van der Waals surface area contributed by atoms with Gasteiger partial charge in [0.2, 0.25) is 5.91 Å². The first-order valence-electron chi connectivity index (χ1n) is 9.77. The molecule has 5 nitrogen and oxygen atoms in total. The Labute approximate surface area is 172 Å². The van der Waals surface area contributed by atoms with Gasteiger partial charge in [0, 0.05) is 10.6 Å². The number of nitrogens with one attached hydrogen (secondary N) is 1. The van der Waals surface area contributed by atoms with E-state index < -0.39 is 0 Å². The minimum atomic E-state index is -0.371. The van der Waals surface area contributed by atoms with Crippen LogP contribution in [0.25, 0.3) is 10.2 Å². The maximum Gasteiger partial charge on any atom is 0.262 e. The molecule has 1 aliphatic rings. The third kappa shape index (κ3) is 3.96. The van der Waals surface area contributed by atoms with Crippen LogP contribution in [0, 0.1) is 17.2 Å². The average molecular weight is 414 g/mol. The largest absolute Gasteiger partial charge is 0.325 e. The highest BCUT2D eigenvalue weighted by molar-refractivity contribution is 7.18. The van der Waals surface area contributed by atoms with Gasteiger partial charge in [0.15, 0.2) is 0 Å². The highest BCUT2D eigenvalue weighted by Crippen LogP contribution is 2.41. The molecule has 1 aromatic carbocycles. The van der Waals surface area contributed by atoms with E-state index in [1.54, 1.807) is 11.3 Å². The van der Waals surface area contributed by atoms with Crippen LogP contribution in [0.2, 0.25) is 0 Å². The zero-order chi connectivity index (χ0) is 20.8. The van der Waals surface area contributed by atoms with E-state index in [-0.39, 0.29) is 29.2 Å². The van der Waals surface area contributed by atoms with Crippen LogP contribution in [-0.2, 0) is 24.2 Å². The van der Waals surface area contributed by atoms with Gasteiger partial charge in [0.1, 0.15) is 17.2 Å². The Morgan fingerprint density at radius 2 is 2.03 bits per heavy atom. The van der Waals surface area contributed by atoms with Crippen molar-refractivity contribution in [1.29, 1.82) is 0 Å². The molecule has 7 heteroatoms. The molecule has 0 spiro atoms. The highest BCUT2D eigenvalue weighted by Gasteiger charge is 2.31. The second kappa shape index (κ2) is 7.37. The van der Waals surface area contributed by atoms with Gasteiger partial charge in [-0.3, -0.25) is 14.2 Å². The van der Waals surface area contributed by atoms with Gasteiger partial charge >= 0.3 is 0 Å². The zero-order valence-corrected chi connectivity index (χ0v) is 17.6. The summed E-state index contributed by atoms with van der Waals surface area (Å²) in [5, 5.41) is 3.34. The summed E-state index contributed by atoms with van der Waals surface area (Å²) in [6.45, 7) is 6.66. The van der Waals surface area contributed by atoms with Crippen LogP contribution in [-0.4, -0.2) is 15.5 Å². The lowest BCUT2D eigenvalue weighted by Gasteiger charge is -2.33. The van der Waals surface area contributed by atoms with Crippen LogP contribution in [0.5, 0.6) is 0 Å². The predicted octanol–water partition coefficient (Wildman–Crippen LogP) is 4.39. The fraction of sp³-hybridized carbons (Fsp3) is 0.409. The molecule has 0 saturated heterocycles. The van der Waals surface area contributed by atoms with Crippen molar-refractivity contribution < 1.29 is 9.18 Å². The summed E-state index contributed by atoms with van der Waals surface area (Å²) in [5.41, 5.74) is 1.66. The maximum atomic E-state index is 13.1. The molecule has 1 aliphatic carbocycles. The van der Waals surface area contributed by atoms with E-state index in [9.17, 15) is 14.0 Å². The first-order valence-corrected chi connectivity index (χ1v) is 10.6. The lowest BCUT2D eigenvalue weighted by atomic mass is 9.72. The molecule has 0 aliphatic heterocycles. The van der Waals surface area contributed by atoms with Gasteiger partial charge < -0.3 is 5.32 Å². The van der Waals surface area contributed by atoms with Crippen molar-refractivity contribution in [2.45, 2.75) is 46.6 Å². The summed E-state index contributed by atoms with van der Waals surface area (Å²) >= 11 is 1.60. The smallest absolute Gasteiger partial charge is 0.262 e. The zero-order valence-electron chi connectivity index (χ0n) is 16.8. The highest BCUT2D eigenvalue weighted by atomic mass is 32.1. The van der Waals surface area contributed by atoms with E-state index in [1.165, 1.54) is 40.0 Å². The van der Waals surface area contributed by atoms with Gasteiger partial charge in [0.25, 0.3) is 5.56 Å². The topological polar surface area (TPSA) is 64.0 Å². The van der Waals surface area contributed by atoms with Crippen LogP contribution in [0.1, 0.15) is 37.6 Å². The first kappa shape index (κ1) is 19.8. The maximum absolute atomic E-state index is 13.1. The van der Waals surface area contributed by atoms with Crippen molar-refractivity contribution in [3.8, 4) is 0 Å². The molecule has 0 bridgehead atoms. The number of fused-ring (bicyclic) bond motifs is 3. The molecule has 29 heavy (non-hydrogen) atoms. The average Bonchev–Trinajstić information content (AvgIpc) is 3.03. The van der Waals surface area contributed by atoms with E-state index in [0.29, 0.717) is 17.0 Å². The minimum Gasteiger partial charge on any atom is -0.325 e. The molecule has 0 radical (unpaired) electrons. The second-order valence-corrected chi connectivity index (χ2v) is 9.81. The Morgan fingerprint density at radius 1 is 1.31 bits per heavy atom. The van der Waals surface area contributed by atoms with E-state index in [2.05, 4.69) is 31.1 Å². The van der Waals surface area contributed by atoms with Crippen LogP contribution in [0.4, 0.5) is 10.1 Å². The number of amides is 1. The van der Waals surface area contributed by atoms with Gasteiger partial charge in [-0.05, 0) is 60.4 Å². The molecule has 2 heterocycles. The second-order valence-electron chi connectivity index (χ2n) is 8.72. The van der Waals surface area contributed by atoms with Gasteiger partial charge in [-0.15, -0.1) is 11.3 Å². The standard InChI is InChI=1S/C22H24FN3O2S/c1-22(2,3)13-4-9-16-17(10-13)29-20-19(16)21(28)26(12-24-20)11-18(27)25-15-7-5-14(23)6-8-15/h5-8,12-13H,4,9-11H2,1-3H3,(H,25,27). The van der Waals surface area contributed by atoms with Crippen molar-refractivity contribution in [2.75, 3.05) is 5.32 Å². The number of aryl methyl sites for hydroxylation is 1. The van der Waals surface area contributed by atoms with E-state index in [4.69, 9.17) is 0 Å². The normalized spacial score (nSPS) is 16.6. The van der Waals surface area contributed by atoms with E-state index >= 15 is 0 Å². The Hall–Kier alpha value is -2.54. The predicted molar refractivity (Wildman–Crippen MR) is 114 cm³/mol. The Kier molecular flexibility index (Phi) is 5.02. The summed E-state index contributed by atoms with van der Waals surface area (Å²) in [5.74, 6) is -0.131. The summed E-state index contributed by atoms with van der Waals surface area (Å²) in [7, 11) is 0. The number of thiophene rings is 1. The number of benzene rings is 1. The molecule has 1 N–H and O–H groups in total. The fourth-order valence-electron chi connectivity index (χ4n) is 3.94. The summed E-state index contributed by atoms with van der Waals surface area (Å²) in [4.78, 5) is 31.9. The van der Waals surface area contributed by atoms with Gasteiger partial charge in [-0.25, -0.2) is 9.37 Å². The van der Waals surface area contributed by atoms with Crippen LogP contribution in [0.3, 0.4) is 0 Å². The Balaban J connectivity index is 1.59. The molecule has 1 atom stereocenters. The SMILES string of the molecule is CC(C)(C)C1CCc2c(sc3ncn(CC(=O)Nc4ccc(F)cc4)c(=O)c23)C1. The number of carbonyl (C=O) groups is 1. The minimum absolute atomic E-state index is 0.131. The van der Waals surface area contributed by atoms with Gasteiger partial charge in [-0.1, -0.05) is 20.8 Å². The number of carbonyl (C=O) groups excluding carboxylic acids is 1. The molecular formula is C22H24FN3O2S. The van der Waals surface area contributed by atoms with E-state index in [0.717, 1.165) is 29.7 Å². The molecule has 2 aromatic heterocycles. The molecule has 152 valence electrons. The van der Waals surface area contributed by atoms with Crippen molar-refractivity contribution in [3.63, 3.8) is 0 Å². The molecule has 0 fully saturated rings. The number of hydrogen-bond acceptors (Lipinski definition) is 4. The molecular weight excluding hydrogens is 389 g/mol. The van der Waals surface area contributed by atoms with Crippen molar-refractivity contribution in [2.24, 2.45) is 11.3 Å². The van der Waals surface area contributed by atoms with Crippen LogP contribution >= 0.6 is 11.3 Å². The number of hydrogen-bond donors (Lipinski definition) is 1. The molecule has 1 unspecified atom stereocenters. The third-order valence-corrected chi connectivity index (χ3v) is 6.86. The number of halogens is 1. The van der Waals surface area contributed by atoms with Gasteiger partial charge in [0.05, 0.1) is 11.7 Å². The Bertz CT molecular complexity index is 1130. The monoisotopic (exact) mass is 413 g/mol. The lowest BCUT2D eigenvalue weighted by molar-refractivity contribution is -0.116. The number of nitrogens with zero attached hydrogens (tertiary/aromatic N) is 2. The quantitative estimate of drug-likeness (QED) is 0.693. The molecule has 4 rings (SSSR count). The molecule has 0 saturated carbocycles. The summed E-state index contributed by atoms with van der Waals surface area (Å²) in [6, 6.07) is 5.52. The van der Waals surface area contributed by atoms with Crippen molar-refractivity contribution in [1.82, 2.24) is 9.55 Å². The van der Waals surface area contributed by atoms with E-state index in [1.807, 2.05) is 0 Å². The van der Waals surface area contributed by atoms with Gasteiger partial charge in [-0.2, -0.15) is 0 Å². The number of aromatic nitrogens is 2. The first-order chi connectivity index (χ1) is 13.7. The summed E-state index contributed by atoms with van der Waals surface area (Å²) < 4.78 is 14.4. The number of rotatable bonds is 3. The molecule has 1 amide bonds. The van der Waals surface area contributed by atoms with Crippen molar-refractivity contribution >= 4 is 33.1 Å².